The summed E-state index contributed by atoms with van der Waals surface area (Å²) in [5.74, 6) is -3.18. The Balaban J connectivity index is 1.93. The molecule has 0 bridgehead atoms. The van der Waals surface area contributed by atoms with Gasteiger partial charge in [-0.3, -0.25) is 24.5 Å². The molecule has 2 amide bonds. The first-order valence-electron chi connectivity index (χ1n) is 11.5. The third-order valence-corrected chi connectivity index (χ3v) is 5.79. The molecule has 4 atom stereocenters. The second-order valence-corrected chi connectivity index (χ2v) is 8.50. The third kappa shape index (κ3) is 10.1. The normalized spacial score (nSPS) is 17.3. The zero-order chi connectivity index (χ0) is 25.8. The number of aliphatic carboxylic acids is 2. The van der Waals surface area contributed by atoms with E-state index in [1.54, 1.807) is 0 Å². The number of aryl methyl sites for hydroxylation is 1. The molecule has 0 spiro atoms. The molecule has 2 unspecified atom stereocenters. The van der Waals surface area contributed by atoms with E-state index in [9.17, 15) is 24.3 Å². The molecule has 10 heteroatoms. The molecule has 0 fully saturated rings. The SMILES string of the molecule is NC(=O)[C@H](CCC(=O)O)NC(O)[C@H](CCC(=O)O)NC(=O)CCc1ccc(C2C=CC=CC2)cc1. The highest BCUT2D eigenvalue weighted by Crippen LogP contribution is 2.24. The number of primary amides is 1. The second-order valence-electron chi connectivity index (χ2n) is 8.50. The van der Waals surface area contributed by atoms with Crippen molar-refractivity contribution >= 4 is 23.8 Å². The number of aliphatic hydroxyl groups excluding tert-OH is 1. The van der Waals surface area contributed by atoms with Crippen molar-refractivity contribution in [1.29, 1.82) is 0 Å². The van der Waals surface area contributed by atoms with Gasteiger partial charge in [-0.2, -0.15) is 0 Å². The fraction of sp³-hybridized carbons (Fsp3) is 0.440. The number of hydrogen-bond donors (Lipinski definition) is 6. The highest BCUT2D eigenvalue weighted by atomic mass is 16.4. The van der Waals surface area contributed by atoms with Crippen LogP contribution in [-0.4, -0.2) is 57.4 Å². The summed E-state index contributed by atoms with van der Waals surface area (Å²) in [6.45, 7) is 0. The van der Waals surface area contributed by atoms with Gasteiger partial charge >= 0.3 is 11.9 Å². The number of amides is 2. The van der Waals surface area contributed by atoms with Crippen LogP contribution < -0.4 is 16.4 Å². The van der Waals surface area contributed by atoms with Crippen LogP contribution in [0, 0.1) is 0 Å². The highest BCUT2D eigenvalue weighted by Gasteiger charge is 2.27. The molecule has 35 heavy (non-hydrogen) atoms. The fourth-order valence-electron chi connectivity index (χ4n) is 3.78. The minimum absolute atomic E-state index is 0.0995. The molecule has 1 aromatic rings. The number of carboxylic acids is 2. The molecule has 7 N–H and O–H groups in total. The van der Waals surface area contributed by atoms with E-state index in [2.05, 4.69) is 22.8 Å². The van der Waals surface area contributed by atoms with Crippen LogP contribution in [0.3, 0.4) is 0 Å². The standard InChI is InChI=1S/C25H33N3O7/c26-24(34)19(11-14-22(30)31)28-25(35)20(12-15-23(32)33)27-21(29)13-8-16-6-9-18(10-7-16)17-4-2-1-3-5-17/h1-4,6-7,9-10,17,19-20,25,28,35H,5,8,11-15H2,(H2,26,34)(H,27,29)(H,30,31)(H,32,33)/t17?,19-,20-,25?/m0/s1. The van der Waals surface area contributed by atoms with Gasteiger partial charge in [-0.15, -0.1) is 0 Å². The molecular formula is C25H33N3O7. The Hall–Kier alpha value is -3.50. The van der Waals surface area contributed by atoms with Crippen LogP contribution in [0.4, 0.5) is 0 Å². The summed E-state index contributed by atoms with van der Waals surface area (Å²) in [4.78, 5) is 45.9. The van der Waals surface area contributed by atoms with Crippen LogP contribution in [0.15, 0.2) is 48.6 Å². The van der Waals surface area contributed by atoms with Crippen molar-refractivity contribution in [3.05, 3.63) is 59.7 Å². The Morgan fingerprint density at radius 2 is 1.63 bits per heavy atom. The van der Waals surface area contributed by atoms with Crippen LogP contribution in [0.25, 0.3) is 0 Å². The molecule has 190 valence electrons. The largest absolute Gasteiger partial charge is 0.481 e. The molecule has 1 aromatic carbocycles. The topological polar surface area (TPSA) is 179 Å². The predicted octanol–water partition coefficient (Wildman–Crippen LogP) is 1.20. The van der Waals surface area contributed by atoms with Gasteiger partial charge in [0.25, 0.3) is 0 Å². The zero-order valence-corrected chi connectivity index (χ0v) is 19.4. The first-order chi connectivity index (χ1) is 16.7. The van der Waals surface area contributed by atoms with Crippen molar-refractivity contribution < 1.29 is 34.5 Å². The van der Waals surface area contributed by atoms with Gasteiger partial charge in [-0.25, -0.2) is 0 Å². The van der Waals surface area contributed by atoms with Gasteiger partial charge < -0.3 is 26.4 Å². The number of carbonyl (C=O) groups is 4. The monoisotopic (exact) mass is 487 g/mol. The number of benzene rings is 1. The average molecular weight is 488 g/mol. The van der Waals surface area contributed by atoms with Gasteiger partial charge in [-0.05, 0) is 36.8 Å². The summed E-state index contributed by atoms with van der Waals surface area (Å²) in [6, 6.07) is 5.83. The molecule has 0 aliphatic heterocycles. The van der Waals surface area contributed by atoms with Crippen molar-refractivity contribution in [3.63, 3.8) is 0 Å². The van der Waals surface area contributed by atoms with Crippen LogP contribution in [0.1, 0.15) is 55.6 Å². The van der Waals surface area contributed by atoms with Crippen LogP contribution in [-0.2, 0) is 25.6 Å². The summed E-state index contributed by atoms with van der Waals surface area (Å²) in [6.07, 6.45) is 7.36. The molecule has 1 aliphatic carbocycles. The Morgan fingerprint density at radius 1 is 0.971 bits per heavy atom. The van der Waals surface area contributed by atoms with Crippen molar-refractivity contribution in [2.75, 3.05) is 0 Å². The lowest BCUT2D eigenvalue weighted by atomic mass is 9.91. The van der Waals surface area contributed by atoms with Gasteiger partial charge in [0, 0.05) is 25.2 Å². The zero-order valence-electron chi connectivity index (χ0n) is 19.4. The number of hydrogen-bond acceptors (Lipinski definition) is 6. The number of nitrogens with one attached hydrogen (secondary N) is 2. The minimum Gasteiger partial charge on any atom is -0.481 e. The van der Waals surface area contributed by atoms with Crippen LogP contribution in [0.5, 0.6) is 0 Å². The van der Waals surface area contributed by atoms with E-state index < -0.39 is 42.1 Å². The fourth-order valence-corrected chi connectivity index (χ4v) is 3.78. The summed E-state index contributed by atoms with van der Waals surface area (Å²) in [7, 11) is 0. The summed E-state index contributed by atoms with van der Waals surface area (Å²) < 4.78 is 0. The molecular weight excluding hydrogens is 454 g/mol. The van der Waals surface area contributed by atoms with Gasteiger partial charge in [0.1, 0.15) is 6.23 Å². The molecule has 2 rings (SSSR count). The van der Waals surface area contributed by atoms with E-state index in [4.69, 9.17) is 15.9 Å². The van der Waals surface area contributed by atoms with E-state index in [1.165, 1.54) is 5.56 Å². The second kappa shape index (κ2) is 14.0. The van der Waals surface area contributed by atoms with Crippen molar-refractivity contribution in [1.82, 2.24) is 10.6 Å². The Kier molecular flexibility index (Phi) is 11.1. The number of carbonyl (C=O) groups excluding carboxylic acids is 2. The van der Waals surface area contributed by atoms with E-state index in [0.717, 1.165) is 12.0 Å². The van der Waals surface area contributed by atoms with E-state index >= 15 is 0 Å². The summed E-state index contributed by atoms with van der Waals surface area (Å²) in [5.41, 5.74) is 7.42. The molecule has 0 heterocycles. The van der Waals surface area contributed by atoms with Crippen LogP contribution >= 0.6 is 0 Å². The third-order valence-electron chi connectivity index (χ3n) is 5.79. The maximum Gasteiger partial charge on any atom is 0.303 e. The lowest BCUT2D eigenvalue weighted by Gasteiger charge is -2.27. The molecule has 0 saturated heterocycles. The van der Waals surface area contributed by atoms with Crippen molar-refractivity contribution in [3.8, 4) is 0 Å². The summed E-state index contributed by atoms with van der Waals surface area (Å²) >= 11 is 0. The summed E-state index contributed by atoms with van der Waals surface area (Å²) in [5, 5.41) is 33.5. The first-order valence-corrected chi connectivity index (χ1v) is 11.5. The lowest BCUT2D eigenvalue weighted by molar-refractivity contribution is -0.139. The molecule has 0 saturated carbocycles. The number of rotatable bonds is 15. The van der Waals surface area contributed by atoms with Gasteiger partial charge in [0.05, 0.1) is 12.1 Å². The smallest absolute Gasteiger partial charge is 0.303 e. The van der Waals surface area contributed by atoms with E-state index in [0.29, 0.717) is 12.3 Å². The van der Waals surface area contributed by atoms with Gasteiger partial charge in [0.2, 0.25) is 11.8 Å². The highest BCUT2D eigenvalue weighted by molar-refractivity contribution is 5.80. The van der Waals surface area contributed by atoms with Crippen LogP contribution in [0.2, 0.25) is 0 Å². The molecule has 1 aliphatic rings. The number of aliphatic hydroxyl groups is 1. The molecule has 0 aromatic heterocycles. The Labute approximate surface area is 203 Å². The van der Waals surface area contributed by atoms with Gasteiger partial charge in [-0.1, -0.05) is 48.6 Å². The molecule has 10 nitrogen and oxygen atoms in total. The Bertz CT molecular complexity index is 943. The van der Waals surface area contributed by atoms with Crippen molar-refractivity contribution in [2.24, 2.45) is 5.73 Å². The Morgan fingerprint density at radius 3 is 2.20 bits per heavy atom. The lowest BCUT2D eigenvalue weighted by Crippen LogP contribution is -2.55. The van der Waals surface area contributed by atoms with Crippen molar-refractivity contribution in [2.45, 2.75) is 69.2 Å². The number of allylic oxidation sites excluding steroid dienone is 4. The minimum atomic E-state index is -1.50. The average Bonchev–Trinajstić information content (AvgIpc) is 2.83. The van der Waals surface area contributed by atoms with E-state index in [-0.39, 0.29) is 32.1 Å². The first kappa shape index (κ1) is 27.7. The number of carboxylic acid groups (broad SMARTS) is 2. The maximum absolute atomic E-state index is 12.5. The maximum atomic E-state index is 12.5. The van der Waals surface area contributed by atoms with Gasteiger partial charge in [0.15, 0.2) is 0 Å². The number of nitrogens with two attached hydrogens (primary N) is 1. The molecule has 0 radical (unpaired) electrons. The van der Waals surface area contributed by atoms with E-state index in [1.807, 2.05) is 36.4 Å². The predicted molar refractivity (Wildman–Crippen MR) is 128 cm³/mol. The quantitative estimate of drug-likeness (QED) is 0.200.